The van der Waals surface area contributed by atoms with E-state index in [4.69, 9.17) is 18.9 Å². The van der Waals surface area contributed by atoms with Gasteiger partial charge in [-0.05, 0) is 19.4 Å². The standard InChI is InChI=1S/C18H25NO6/c1-11(20)19-14-15(21)16(13-10-23-18(2,3)25-13)24-17(14)22-9-12-7-5-4-6-8-12/h4-8,13-17,21H,9-10H2,1-3H3,(H,19,20)/t13-,14-,15-,16-,17-/m1/s1. The molecule has 138 valence electrons. The van der Waals surface area contributed by atoms with E-state index >= 15 is 0 Å². The fraction of sp³-hybridized carbons (Fsp3) is 0.611. The van der Waals surface area contributed by atoms with E-state index in [1.807, 2.05) is 44.2 Å². The van der Waals surface area contributed by atoms with Crippen molar-refractivity contribution in [3.8, 4) is 0 Å². The first-order chi connectivity index (χ1) is 11.9. The molecule has 0 saturated carbocycles. The molecule has 2 fully saturated rings. The van der Waals surface area contributed by atoms with Crippen LogP contribution in [0, 0.1) is 0 Å². The molecule has 2 heterocycles. The molecule has 0 spiro atoms. The van der Waals surface area contributed by atoms with E-state index in [-0.39, 0.29) is 5.91 Å². The number of hydrogen-bond acceptors (Lipinski definition) is 6. The minimum Gasteiger partial charge on any atom is -0.388 e. The highest BCUT2D eigenvalue weighted by Crippen LogP contribution is 2.32. The molecule has 0 aromatic heterocycles. The van der Waals surface area contributed by atoms with Crippen LogP contribution in [-0.4, -0.2) is 54.1 Å². The molecule has 0 radical (unpaired) electrons. The molecule has 0 aliphatic carbocycles. The van der Waals surface area contributed by atoms with Crippen LogP contribution in [0.15, 0.2) is 30.3 Å². The molecule has 1 amide bonds. The molecule has 1 aromatic carbocycles. The van der Waals surface area contributed by atoms with Crippen molar-refractivity contribution in [2.45, 2.75) is 63.8 Å². The fourth-order valence-corrected chi connectivity index (χ4v) is 3.15. The smallest absolute Gasteiger partial charge is 0.217 e. The van der Waals surface area contributed by atoms with Crippen LogP contribution in [0.3, 0.4) is 0 Å². The lowest BCUT2D eigenvalue weighted by Gasteiger charge is -2.23. The average Bonchev–Trinajstić information content (AvgIpc) is 3.07. The zero-order valence-electron chi connectivity index (χ0n) is 14.7. The highest BCUT2D eigenvalue weighted by Gasteiger charge is 2.51. The summed E-state index contributed by atoms with van der Waals surface area (Å²) in [5.41, 5.74) is 0.979. The third-order valence-electron chi connectivity index (χ3n) is 4.31. The summed E-state index contributed by atoms with van der Waals surface area (Å²) in [4.78, 5) is 11.5. The Morgan fingerprint density at radius 2 is 2.08 bits per heavy atom. The van der Waals surface area contributed by atoms with E-state index in [1.54, 1.807) is 0 Å². The van der Waals surface area contributed by atoms with Crippen LogP contribution in [0.4, 0.5) is 0 Å². The molecule has 2 aliphatic rings. The van der Waals surface area contributed by atoms with E-state index in [1.165, 1.54) is 6.92 Å². The first kappa shape index (κ1) is 18.3. The molecular formula is C18H25NO6. The summed E-state index contributed by atoms with van der Waals surface area (Å²) in [5, 5.41) is 13.4. The molecule has 5 atom stereocenters. The summed E-state index contributed by atoms with van der Waals surface area (Å²) < 4.78 is 23.1. The van der Waals surface area contributed by atoms with Crippen molar-refractivity contribution in [3.63, 3.8) is 0 Å². The summed E-state index contributed by atoms with van der Waals surface area (Å²) >= 11 is 0. The van der Waals surface area contributed by atoms with E-state index in [0.717, 1.165) is 5.56 Å². The second-order valence-electron chi connectivity index (χ2n) is 6.85. The van der Waals surface area contributed by atoms with Crippen molar-refractivity contribution in [1.29, 1.82) is 0 Å². The lowest BCUT2D eigenvalue weighted by molar-refractivity contribution is -0.190. The summed E-state index contributed by atoms with van der Waals surface area (Å²) in [6.07, 6.45) is -2.78. The Balaban J connectivity index is 1.68. The Morgan fingerprint density at radius 3 is 2.68 bits per heavy atom. The van der Waals surface area contributed by atoms with Crippen molar-refractivity contribution >= 4 is 5.91 Å². The van der Waals surface area contributed by atoms with Crippen molar-refractivity contribution in [2.24, 2.45) is 0 Å². The number of carbonyl (C=O) groups excluding carboxylic acids is 1. The van der Waals surface area contributed by atoms with Crippen LogP contribution in [0.25, 0.3) is 0 Å². The maximum atomic E-state index is 11.5. The quantitative estimate of drug-likeness (QED) is 0.821. The van der Waals surface area contributed by atoms with E-state index in [0.29, 0.717) is 13.2 Å². The summed E-state index contributed by atoms with van der Waals surface area (Å²) in [6, 6.07) is 8.97. The van der Waals surface area contributed by atoms with Crippen LogP contribution in [0.5, 0.6) is 0 Å². The van der Waals surface area contributed by atoms with Gasteiger partial charge in [0.2, 0.25) is 5.91 Å². The maximum absolute atomic E-state index is 11.5. The highest BCUT2D eigenvalue weighted by atomic mass is 16.8. The number of amides is 1. The molecule has 2 N–H and O–H groups in total. The number of rotatable bonds is 5. The molecule has 3 rings (SSSR count). The van der Waals surface area contributed by atoms with Crippen molar-refractivity contribution < 1.29 is 28.8 Å². The number of hydrogen-bond donors (Lipinski definition) is 2. The van der Waals surface area contributed by atoms with Crippen molar-refractivity contribution in [2.75, 3.05) is 6.61 Å². The van der Waals surface area contributed by atoms with Gasteiger partial charge in [-0.1, -0.05) is 30.3 Å². The van der Waals surface area contributed by atoms with Gasteiger partial charge in [0.15, 0.2) is 12.1 Å². The number of aliphatic hydroxyl groups is 1. The third-order valence-corrected chi connectivity index (χ3v) is 4.31. The molecule has 25 heavy (non-hydrogen) atoms. The van der Waals surface area contributed by atoms with Gasteiger partial charge in [0.1, 0.15) is 24.4 Å². The summed E-state index contributed by atoms with van der Waals surface area (Å²) in [7, 11) is 0. The van der Waals surface area contributed by atoms with Gasteiger partial charge >= 0.3 is 0 Å². The minimum atomic E-state index is -0.952. The first-order valence-electron chi connectivity index (χ1n) is 8.44. The van der Waals surface area contributed by atoms with Crippen LogP contribution in [0.2, 0.25) is 0 Å². The molecule has 7 nitrogen and oxygen atoms in total. The van der Waals surface area contributed by atoms with Crippen LogP contribution < -0.4 is 5.32 Å². The minimum absolute atomic E-state index is 0.259. The van der Waals surface area contributed by atoms with Gasteiger partial charge in [-0.25, -0.2) is 0 Å². The number of nitrogens with one attached hydrogen (secondary N) is 1. The number of aliphatic hydroxyl groups excluding tert-OH is 1. The highest BCUT2D eigenvalue weighted by molar-refractivity contribution is 5.73. The van der Waals surface area contributed by atoms with Gasteiger partial charge in [0.05, 0.1) is 13.2 Å². The number of benzene rings is 1. The lowest BCUT2D eigenvalue weighted by atomic mass is 10.0. The largest absolute Gasteiger partial charge is 0.388 e. The van der Waals surface area contributed by atoms with Gasteiger partial charge < -0.3 is 29.4 Å². The second kappa shape index (κ2) is 7.39. The predicted octanol–water partition coefficient (Wildman–Crippen LogP) is 0.945. The van der Waals surface area contributed by atoms with Gasteiger partial charge in [-0.15, -0.1) is 0 Å². The number of ether oxygens (including phenoxy) is 4. The Labute approximate surface area is 147 Å². The topological polar surface area (TPSA) is 86.3 Å². The summed E-state index contributed by atoms with van der Waals surface area (Å²) in [5.74, 6) is -0.981. The normalized spacial score (nSPS) is 34.2. The van der Waals surface area contributed by atoms with Gasteiger partial charge in [0.25, 0.3) is 0 Å². The third kappa shape index (κ3) is 4.37. The maximum Gasteiger partial charge on any atom is 0.217 e. The van der Waals surface area contributed by atoms with Gasteiger partial charge in [-0.2, -0.15) is 0 Å². The fourth-order valence-electron chi connectivity index (χ4n) is 3.15. The zero-order valence-corrected chi connectivity index (χ0v) is 14.7. The van der Waals surface area contributed by atoms with Crippen LogP contribution in [0.1, 0.15) is 26.3 Å². The Kier molecular flexibility index (Phi) is 5.41. The van der Waals surface area contributed by atoms with Gasteiger partial charge in [-0.3, -0.25) is 4.79 Å². The van der Waals surface area contributed by atoms with Gasteiger partial charge in [0, 0.05) is 6.92 Å². The van der Waals surface area contributed by atoms with Crippen molar-refractivity contribution in [1.82, 2.24) is 5.32 Å². The lowest BCUT2D eigenvalue weighted by Crippen LogP contribution is -2.49. The molecular weight excluding hydrogens is 326 g/mol. The second-order valence-corrected chi connectivity index (χ2v) is 6.85. The molecule has 2 saturated heterocycles. The average molecular weight is 351 g/mol. The monoisotopic (exact) mass is 351 g/mol. The predicted molar refractivity (Wildman–Crippen MR) is 88.4 cm³/mol. The zero-order chi connectivity index (χ0) is 18.0. The molecule has 7 heteroatoms. The molecule has 0 unspecified atom stereocenters. The summed E-state index contributed by atoms with van der Waals surface area (Å²) in [6.45, 7) is 5.64. The molecule has 1 aromatic rings. The Bertz CT molecular complexity index is 592. The number of carbonyl (C=O) groups is 1. The SMILES string of the molecule is CC(=O)N[C@H]1[C@H](OCc2ccccc2)O[C@H]([C@H]2COC(C)(C)O2)[C@@H]1O. The Morgan fingerprint density at radius 1 is 1.36 bits per heavy atom. The van der Waals surface area contributed by atoms with Crippen LogP contribution >= 0.6 is 0 Å². The van der Waals surface area contributed by atoms with Crippen molar-refractivity contribution in [3.05, 3.63) is 35.9 Å². The van der Waals surface area contributed by atoms with E-state index in [9.17, 15) is 9.90 Å². The molecule has 0 bridgehead atoms. The first-order valence-corrected chi connectivity index (χ1v) is 8.44. The van der Waals surface area contributed by atoms with E-state index < -0.39 is 36.4 Å². The Hall–Kier alpha value is -1.51. The molecule has 2 aliphatic heterocycles. The van der Waals surface area contributed by atoms with E-state index in [2.05, 4.69) is 5.32 Å². The van der Waals surface area contributed by atoms with Crippen LogP contribution in [-0.2, 0) is 30.3 Å².